The quantitative estimate of drug-likeness (QED) is 0.873. The Morgan fingerprint density at radius 2 is 1.95 bits per heavy atom. The molecule has 108 valence electrons. The summed E-state index contributed by atoms with van der Waals surface area (Å²) >= 11 is 0. The second-order valence-corrected chi connectivity index (χ2v) is 6.26. The highest BCUT2D eigenvalue weighted by atomic mass is 16.3. The molecule has 1 aliphatic rings. The van der Waals surface area contributed by atoms with E-state index < -0.39 is 0 Å². The number of furan rings is 1. The number of benzene rings is 1. The number of nitrogens with one attached hydrogen (secondary N) is 1. The zero-order valence-corrected chi connectivity index (χ0v) is 12.9. The molecular formula is C18H25NO. The van der Waals surface area contributed by atoms with Gasteiger partial charge < -0.3 is 9.73 Å². The molecule has 2 heteroatoms. The summed E-state index contributed by atoms with van der Waals surface area (Å²) in [5.41, 5.74) is 5.55. The first kappa shape index (κ1) is 13.7. The molecular weight excluding hydrogens is 246 g/mol. The van der Waals surface area contributed by atoms with E-state index >= 15 is 0 Å². The summed E-state index contributed by atoms with van der Waals surface area (Å²) < 4.78 is 6.16. The molecule has 1 N–H and O–H groups in total. The van der Waals surface area contributed by atoms with Crippen molar-refractivity contribution in [2.45, 2.75) is 65.5 Å². The fraction of sp³-hybridized carbons (Fsp3) is 0.556. The van der Waals surface area contributed by atoms with E-state index in [9.17, 15) is 0 Å². The van der Waals surface area contributed by atoms with Gasteiger partial charge in [0.1, 0.15) is 11.3 Å². The number of hydrogen-bond donors (Lipinski definition) is 1. The summed E-state index contributed by atoms with van der Waals surface area (Å²) in [6.45, 7) is 7.44. The monoisotopic (exact) mass is 271 g/mol. The van der Waals surface area contributed by atoms with Crippen LogP contribution in [-0.4, -0.2) is 6.04 Å². The van der Waals surface area contributed by atoms with Gasteiger partial charge in [0.05, 0.1) is 6.54 Å². The predicted molar refractivity (Wildman–Crippen MR) is 84.2 cm³/mol. The Labute approximate surface area is 121 Å². The fourth-order valence-electron chi connectivity index (χ4n) is 3.23. The van der Waals surface area contributed by atoms with Crippen LogP contribution in [0.25, 0.3) is 11.0 Å². The Balaban J connectivity index is 2.03. The van der Waals surface area contributed by atoms with Crippen molar-refractivity contribution >= 4 is 11.0 Å². The minimum Gasteiger partial charge on any atom is -0.459 e. The lowest BCUT2D eigenvalue weighted by molar-refractivity contribution is 0.482. The van der Waals surface area contributed by atoms with Crippen LogP contribution in [0, 0.1) is 0 Å². The SMILES string of the molecule is CCCc1c(CNC(C)C)oc2cc3c(cc12)CCC3. The average molecular weight is 271 g/mol. The van der Waals surface area contributed by atoms with Crippen LogP contribution in [0.5, 0.6) is 0 Å². The molecule has 0 aliphatic heterocycles. The van der Waals surface area contributed by atoms with Gasteiger partial charge in [-0.15, -0.1) is 0 Å². The van der Waals surface area contributed by atoms with Crippen LogP contribution >= 0.6 is 0 Å². The molecule has 0 fully saturated rings. The van der Waals surface area contributed by atoms with E-state index in [1.54, 1.807) is 5.56 Å². The Morgan fingerprint density at radius 1 is 1.20 bits per heavy atom. The minimum atomic E-state index is 0.489. The molecule has 0 bridgehead atoms. The molecule has 1 aliphatic carbocycles. The van der Waals surface area contributed by atoms with Crippen LogP contribution in [0.3, 0.4) is 0 Å². The van der Waals surface area contributed by atoms with E-state index in [2.05, 4.69) is 38.2 Å². The molecule has 0 radical (unpaired) electrons. The van der Waals surface area contributed by atoms with Gasteiger partial charge in [-0.25, -0.2) is 0 Å². The molecule has 1 aromatic heterocycles. The van der Waals surface area contributed by atoms with Gasteiger partial charge in [-0.2, -0.15) is 0 Å². The number of fused-ring (bicyclic) bond motifs is 2. The molecule has 1 heterocycles. The lowest BCUT2D eigenvalue weighted by atomic mass is 10.0. The van der Waals surface area contributed by atoms with Gasteiger partial charge in [-0.05, 0) is 48.9 Å². The standard InChI is InChI=1S/C18H25NO/c1-4-6-15-16-9-13-7-5-8-14(13)10-17(16)20-18(15)11-19-12(2)3/h9-10,12,19H,4-8,11H2,1-3H3. The maximum atomic E-state index is 6.16. The van der Waals surface area contributed by atoms with Crippen LogP contribution in [0.2, 0.25) is 0 Å². The molecule has 0 amide bonds. The van der Waals surface area contributed by atoms with E-state index in [0.717, 1.165) is 24.3 Å². The van der Waals surface area contributed by atoms with E-state index in [-0.39, 0.29) is 0 Å². The second kappa shape index (κ2) is 5.61. The first-order valence-corrected chi connectivity index (χ1v) is 7.98. The van der Waals surface area contributed by atoms with Crippen LogP contribution < -0.4 is 5.32 Å². The first-order valence-electron chi connectivity index (χ1n) is 7.98. The van der Waals surface area contributed by atoms with Crippen LogP contribution in [-0.2, 0) is 25.8 Å². The van der Waals surface area contributed by atoms with E-state index in [4.69, 9.17) is 4.42 Å². The molecule has 0 spiro atoms. The molecule has 0 atom stereocenters. The van der Waals surface area contributed by atoms with Crippen molar-refractivity contribution < 1.29 is 4.42 Å². The molecule has 2 aromatic rings. The molecule has 20 heavy (non-hydrogen) atoms. The summed E-state index contributed by atoms with van der Waals surface area (Å²) in [6, 6.07) is 5.17. The average Bonchev–Trinajstić information content (AvgIpc) is 2.99. The van der Waals surface area contributed by atoms with Gasteiger partial charge in [0, 0.05) is 17.0 Å². The highest BCUT2D eigenvalue weighted by Crippen LogP contribution is 2.33. The maximum Gasteiger partial charge on any atom is 0.134 e. The van der Waals surface area contributed by atoms with Crippen LogP contribution in [0.15, 0.2) is 16.5 Å². The van der Waals surface area contributed by atoms with Crippen molar-refractivity contribution in [1.82, 2.24) is 5.32 Å². The van der Waals surface area contributed by atoms with E-state index in [0.29, 0.717) is 6.04 Å². The molecule has 3 rings (SSSR count). The number of hydrogen-bond acceptors (Lipinski definition) is 2. The zero-order chi connectivity index (χ0) is 14.1. The van der Waals surface area contributed by atoms with Gasteiger partial charge >= 0.3 is 0 Å². The summed E-state index contributed by atoms with van der Waals surface area (Å²) in [4.78, 5) is 0. The van der Waals surface area contributed by atoms with Gasteiger partial charge in [-0.3, -0.25) is 0 Å². The third kappa shape index (κ3) is 2.49. The largest absolute Gasteiger partial charge is 0.459 e. The summed E-state index contributed by atoms with van der Waals surface area (Å²) in [5.74, 6) is 1.14. The third-order valence-electron chi connectivity index (χ3n) is 4.26. The molecule has 0 saturated heterocycles. The highest BCUT2D eigenvalue weighted by molar-refractivity contribution is 5.84. The molecule has 0 unspecified atom stereocenters. The van der Waals surface area contributed by atoms with Crippen molar-refractivity contribution in [3.63, 3.8) is 0 Å². The van der Waals surface area contributed by atoms with Gasteiger partial charge in [0.2, 0.25) is 0 Å². The third-order valence-corrected chi connectivity index (χ3v) is 4.26. The maximum absolute atomic E-state index is 6.16. The summed E-state index contributed by atoms with van der Waals surface area (Å²) in [7, 11) is 0. The van der Waals surface area contributed by atoms with Crippen LogP contribution in [0.1, 0.15) is 56.1 Å². The zero-order valence-electron chi connectivity index (χ0n) is 12.9. The molecule has 0 saturated carbocycles. The lowest BCUT2D eigenvalue weighted by Gasteiger charge is -2.07. The smallest absolute Gasteiger partial charge is 0.134 e. The van der Waals surface area contributed by atoms with Crippen molar-refractivity contribution in [3.8, 4) is 0 Å². The summed E-state index contributed by atoms with van der Waals surface area (Å²) in [6.07, 6.45) is 6.03. The second-order valence-electron chi connectivity index (χ2n) is 6.26. The number of rotatable bonds is 5. The van der Waals surface area contributed by atoms with Crippen molar-refractivity contribution in [2.24, 2.45) is 0 Å². The Morgan fingerprint density at radius 3 is 2.65 bits per heavy atom. The van der Waals surface area contributed by atoms with Gasteiger partial charge in [-0.1, -0.05) is 27.2 Å². The normalized spacial score (nSPS) is 14.4. The van der Waals surface area contributed by atoms with Crippen LogP contribution in [0.4, 0.5) is 0 Å². The minimum absolute atomic E-state index is 0.489. The van der Waals surface area contributed by atoms with Crippen molar-refractivity contribution in [2.75, 3.05) is 0 Å². The lowest BCUT2D eigenvalue weighted by Crippen LogP contribution is -2.22. The van der Waals surface area contributed by atoms with E-state index in [1.807, 2.05) is 0 Å². The Hall–Kier alpha value is -1.28. The molecule has 2 nitrogen and oxygen atoms in total. The first-order chi connectivity index (χ1) is 9.69. The van der Waals surface area contributed by atoms with Gasteiger partial charge in [0.15, 0.2) is 0 Å². The Bertz CT molecular complexity index is 609. The summed E-state index contributed by atoms with van der Waals surface area (Å²) in [5, 5.41) is 4.84. The predicted octanol–water partition coefficient (Wildman–Crippen LogP) is 4.37. The number of aryl methyl sites for hydroxylation is 3. The highest BCUT2D eigenvalue weighted by Gasteiger charge is 2.18. The van der Waals surface area contributed by atoms with Crippen molar-refractivity contribution in [1.29, 1.82) is 0 Å². The fourth-order valence-corrected chi connectivity index (χ4v) is 3.23. The topological polar surface area (TPSA) is 25.2 Å². The van der Waals surface area contributed by atoms with Crippen molar-refractivity contribution in [3.05, 3.63) is 34.6 Å². The molecule has 1 aromatic carbocycles. The Kier molecular flexibility index (Phi) is 3.84. The van der Waals surface area contributed by atoms with E-state index in [1.165, 1.54) is 42.2 Å². The van der Waals surface area contributed by atoms with Gasteiger partial charge in [0.25, 0.3) is 0 Å².